The van der Waals surface area contributed by atoms with Gasteiger partial charge in [-0.3, -0.25) is 4.79 Å². The quantitative estimate of drug-likeness (QED) is 0.393. The molecule has 5 nitrogen and oxygen atoms in total. The lowest BCUT2D eigenvalue weighted by molar-refractivity contribution is -0.116. The second-order valence-corrected chi connectivity index (χ2v) is 10.9. The molecule has 33 heavy (non-hydrogen) atoms. The molecule has 0 aliphatic rings. The van der Waals surface area contributed by atoms with Crippen LogP contribution in [0.3, 0.4) is 0 Å². The van der Waals surface area contributed by atoms with Gasteiger partial charge in [0.1, 0.15) is 0 Å². The summed E-state index contributed by atoms with van der Waals surface area (Å²) >= 11 is 12.6. The van der Waals surface area contributed by atoms with Crippen molar-refractivity contribution in [3.8, 4) is 0 Å². The summed E-state index contributed by atoms with van der Waals surface area (Å²) in [6, 6.07) is 18.9. The molecule has 0 spiro atoms. The minimum absolute atomic E-state index is 0.0883. The van der Waals surface area contributed by atoms with Crippen LogP contribution in [0, 0.1) is 6.92 Å². The van der Waals surface area contributed by atoms with Gasteiger partial charge in [0.05, 0.1) is 11.4 Å². The van der Waals surface area contributed by atoms with Crippen LogP contribution < -0.4 is 5.32 Å². The van der Waals surface area contributed by atoms with Crippen LogP contribution in [0.2, 0.25) is 10.0 Å². The van der Waals surface area contributed by atoms with Gasteiger partial charge in [0, 0.05) is 27.8 Å². The minimum atomic E-state index is -4.00. The van der Waals surface area contributed by atoms with Crippen LogP contribution in [0.5, 0.6) is 0 Å². The molecule has 0 aliphatic heterocycles. The summed E-state index contributed by atoms with van der Waals surface area (Å²) in [5, 5.41) is 3.43. The highest BCUT2D eigenvalue weighted by Gasteiger charge is 2.28. The van der Waals surface area contributed by atoms with Gasteiger partial charge in [-0.2, -0.15) is 4.31 Å². The number of halogens is 2. The lowest BCUT2D eigenvalue weighted by Gasteiger charge is -2.23. The third kappa shape index (κ3) is 6.36. The van der Waals surface area contributed by atoms with Gasteiger partial charge in [0.25, 0.3) is 0 Å². The van der Waals surface area contributed by atoms with E-state index >= 15 is 0 Å². The number of nitrogens with zero attached hydrogens (tertiary/aromatic N) is 1. The van der Waals surface area contributed by atoms with Crippen LogP contribution in [0.25, 0.3) is 0 Å². The SMILES string of the molecule is Cc1ccc(S(=O)(=O)N(CC(=O)Nc2ccc(C(C)C)cc2)Cc2c(Cl)cccc2Cl)cc1. The van der Waals surface area contributed by atoms with Crippen LogP contribution in [0.1, 0.15) is 36.5 Å². The Morgan fingerprint density at radius 3 is 2.06 bits per heavy atom. The van der Waals surface area contributed by atoms with Gasteiger partial charge in [-0.25, -0.2) is 8.42 Å². The monoisotopic (exact) mass is 504 g/mol. The molecule has 8 heteroatoms. The van der Waals surface area contributed by atoms with Gasteiger partial charge in [0.15, 0.2) is 0 Å². The Morgan fingerprint density at radius 2 is 1.52 bits per heavy atom. The van der Waals surface area contributed by atoms with E-state index in [1.165, 1.54) is 12.1 Å². The van der Waals surface area contributed by atoms with Crippen LogP contribution >= 0.6 is 23.2 Å². The molecule has 0 saturated carbocycles. The van der Waals surface area contributed by atoms with Crippen molar-refractivity contribution in [2.24, 2.45) is 0 Å². The van der Waals surface area contributed by atoms with Crippen LogP contribution in [-0.4, -0.2) is 25.2 Å². The van der Waals surface area contributed by atoms with Crippen molar-refractivity contribution in [3.05, 3.63) is 93.5 Å². The van der Waals surface area contributed by atoms with Gasteiger partial charge >= 0.3 is 0 Å². The molecule has 3 aromatic carbocycles. The Hall–Kier alpha value is -2.38. The average Bonchev–Trinajstić information content (AvgIpc) is 2.76. The zero-order valence-electron chi connectivity index (χ0n) is 18.7. The Balaban J connectivity index is 1.89. The number of carbonyl (C=O) groups excluding carboxylic acids is 1. The molecule has 1 N–H and O–H groups in total. The Labute approximate surface area is 205 Å². The molecular formula is C25H26Cl2N2O3S. The molecule has 0 fully saturated rings. The van der Waals surface area contributed by atoms with E-state index in [1.54, 1.807) is 42.5 Å². The minimum Gasteiger partial charge on any atom is -0.325 e. The first kappa shape index (κ1) is 25.2. The van der Waals surface area contributed by atoms with E-state index in [2.05, 4.69) is 19.2 Å². The second kappa shape index (κ2) is 10.7. The summed E-state index contributed by atoms with van der Waals surface area (Å²) in [6.07, 6.45) is 0. The smallest absolute Gasteiger partial charge is 0.243 e. The van der Waals surface area contributed by atoms with E-state index in [9.17, 15) is 13.2 Å². The molecule has 3 rings (SSSR count). The number of benzene rings is 3. The molecule has 0 aromatic heterocycles. The third-order valence-corrected chi connectivity index (χ3v) is 7.75. The molecule has 174 valence electrons. The molecule has 1 amide bonds. The van der Waals surface area contributed by atoms with Crippen molar-refractivity contribution in [1.82, 2.24) is 4.31 Å². The number of carbonyl (C=O) groups is 1. The fourth-order valence-electron chi connectivity index (χ4n) is 3.26. The highest BCUT2D eigenvalue weighted by Crippen LogP contribution is 2.28. The molecule has 0 aliphatic carbocycles. The van der Waals surface area contributed by atoms with Crippen molar-refractivity contribution < 1.29 is 13.2 Å². The summed E-state index contributed by atoms with van der Waals surface area (Å²) in [5.74, 6) is -0.101. The molecule has 0 radical (unpaired) electrons. The summed E-state index contributed by atoms with van der Waals surface area (Å²) in [6.45, 7) is 5.50. The maximum absolute atomic E-state index is 13.4. The summed E-state index contributed by atoms with van der Waals surface area (Å²) < 4.78 is 28.0. The zero-order valence-corrected chi connectivity index (χ0v) is 21.0. The van der Waals surface area contributed by atoms with E-state index < -0.39 is 22.5 Å². The topological polar surface area (TPSA) is 66.5 Å². The number of anilines is 1. The predicted molar refractivity (Wildman–Crippen MR) is 134 cm³/mol. The molecule has 0 heterocycles. The van der Waals surface area contributed by atoms with Crippen molar-refractivity contribution in [1.29, 1.82) is 0 Å². The predicted octanol–water partition coefficient (Wildman–Crippen LogP) is 6.25. The zero-order chi connectivity index (χ0) is 24.2. The Bertz CT molecular complexity index is 1210. The van der Waals surface area contributed by atoms with Crippen molar-refractivity contribution in [2.45, 2.75) is 38.1 Å². The maximum atomic E-state index is 13.4. The fraction of sp³-hybridized carbons (Fsp3) is 0.240. The van der Waals surface area contributed by atoms with E-state index in [1.807, 2.05) is 19.1 Å². The van der Waals surface area contributed by atoms with Crippen LogP contribution in [-0.2, 0) is 21.4 Å². The molecule has 0 bridgehead atoms. The van der Waals surface area contributed by atoms with Gasteiger partial charge in [0.2, 0.25) is 15.9 Å². The van der Waals surface area contributed by atoms with Gasteiger partial charge in [-0.15, -0.1) is 0 Å². The van der Waals surface area contributed by atoms with E-state index in [-0.39, 0.29) is 11.4 Å². The molecule has 0 unspecified atom stereocenters. The summed E-state index contributed by atoms with van der Waals surface area (Å²) in [4.78, 5) is 12.9. The van der Waals surface area contributed by atoms with Gasteiger partial charge < -0.3 is 5.32 Å². The number of hydrogen-bond donors (Lipinski definition) is 1. The first-order chi connectivity index (χ1) is 15.6. The van der Waals surface area contributed by atoms with Crippen molar-refractivity contribution >= 4 is 44.8 Å². The molecule has 3 aromatic rings. The summed E-state index contributed by atoms with van der Waals surface area (Å²) in [5.41, 5.74) is 3.10. The first-order valence-corrected chi connectivity index (χ1v) is 12.7. The number of rotatable bonds is 8. The fourth-order valence-corrected chi connectivity index (χ4v) is 5.14. The summed E-state index contributed by atoms with van der Waals surface area (Å²) in [7, 11) is -4.00. The number of nitrogens with one attached hydrogen (secondary N) is 1. The number of hydrogen-bond acceptors (Lipinski definition) is 3. The van der Waals surface area contributed by atoms with E-state index in [4.69, 9.17) is 23.2 Å². The molecular weight excluding hydrogens is 479 g/mol. The number of aryl methyl sites for hydroxylation is 1. The van der Waals surface area contributed by atoms with Crippen molar-refractivity contribution in [3.63, 3.8) is 0 Å². The van der Waals surface area contributed by atoms with Gasteiger partial charge in [-0.1, -0.05) is 72.9 Å². The highest BCUT2D eigenvalue weighted by molar-refractivity contribution is 7.89. The lowest BCUT2D eigenvalue weighted by atomic mass is 10.0. The number of amides is 1. The normalized spacial score (nSPS) is 11.7. The second-order valence-electron chi connectivity index (χ2n) is 8.11. The third-order valence-electron chi connectivity index (χ3n) is 5.24. The largest absolute Gasteiger partial charge is 0.325 e. The standard InChI is InChI=1S/C25H26Cl2N2O3S/c1-17(2)19-9-11-20(12-10-19)28-25(30)16-29(15-22-23(26)5-4-6-24(22)27)33(31,32)21-13-7-18(3)8-14-21/h4-14,17H,15-16H2,1-3H3,(H,28,30). The Kier molecular flexibility index (Phi) is 8.19. The van der Waals surface area contributed by atoms with E-state index in [0.29, 0.717) is 27.2 Å². The van der Waals surface area contributed by atoms with Crippen LogP contribution in [0.15, 0.2) is 71.6 Å². The van der Waals surface area contributed by atoms with E-state index in [0.717, 1.165) is 15.4 Å². The Morgan fingerprint density at radius 1 is 0.939 bits per heavy atom. The molecule has 0 atom stereocenters. The average molecular weight is 505 g/mol. The molecule has 0 saturated heterocycles. The first-order valence-electron chi connectivity index (χ1n) is 10.5. The van der Waals surface area contributed by atoms with Crippen molar-refractivity contribution in [2.75, 3.05) is 11.9 Å². The maximum Gasteiger partial charge on any atom is 0.243 e. The highest BCUT2D eigenvalue weighted by atomic mass is 35.5. The van der Waals surface area contributed by atoms with Crippen LogP contribution in [0.4, 0.5) is 5.69 Å². The number of sulfonamides is 1. The van der Waals surface area contributed by atoms with Gasteiger partial charge in [-0.05, 0) is 54.8 Å². The lowest BCUT2D eigenvalue weighted by Crippen LogP contribution is -2.37.